The van der Waals surface area contributed by atoms with Gasteiger partial charge in [-0.15, -0.1) is 0 Å². The molecule has 0 radical (unpaired) electrons. The molecule has 0 saturated heterocycles. The molecule has 1 heterocycles. The highest BCUT2D eigenvalue weighted by molar-refractivity contribution is 6.32. The quantitative estimate of drug-likeness (QED) is 0.638. The van der Waals surface area contributed by atoms with Gasteiger partial charge in [0.1, 0.15) is 0 Å². The molecule has 6 heteroatoms. The average molecular weight is 396 g/mol. The maximum absolute atomic E-state index is 12.0. The number of carbonyl (C=O) groups is 1. The first-order chi connectivity index (χ1) is 13.5. The van der Waals surface area contributed by atoms with Crippen molar-refractivity contribution < 1.29 is 19.7 Å². The largest absolute Gasteiger partial charge is 0.503 e. The number of ether oxygens (including phenoxy) is 1. The lowest BCUT2D eigenvalue weighted by atomic mass is 9.86. The van der Waals surface area contributed by atoms with Crippen LogP contribution in [0.3, 0.4) is 0 Å². The van der Waals surface area contributed by atoms with E-state index in [1.54, 1.807) is 18.2 Å². The van der Waals surface area contributed by atoms with Crippen molar-refractivity contribution in [3.8, 4) is 11.5 Å². The third-order valence-corrected chi connectivity index (χ3v) is 5.28. The number of hydrogen-bond acceptors (Lipinski definition) is 4. The summed E-state index contributed by atoms with van der Waals surface area (Å²) in [5, 5.41) is 20.6. The topological polar surface area (TPSA) is 79.7 Å². The van der Waals surface area contributed by atoms with E-state index in [1.165, 1.54) is 7.11 Å². The number of benzene rings is 2. The van der Waals surface area contributed by atoms with Gasteiger partial charge in [0, 0.05) is 5.39 Å². The number of rotatable bonds is 3. The van der Waals surface area contributed by atoms with Crippen LogP contribution in [-0.4, -0.2) is 28.3 Å². The van der Waals surface area contributed by atoms with Gasteiger partial charge >= 0.3 is 5.97 Å². The van der Waals surface area contributed by atoms with Gasteiger partial charge in [-0.3, -0.25) is 0 Å². The Morgan fingerprint density at radius 1 is 1.25 bits per heavy atom. The number of aromatic hydroxyl groups is 1. The summed E-state index contributed by atoms with van der Waals surface area (Å²) in [6.07, 6.45) is 4.21. The number of phenols is 1. The fourth-order valence-electron chi connectivity index (χ4n) is 3.75. The SMILES string of the molecule is COc1cc(/C=C2\CCCc3c2nc2ccccc2c3C(=O)O)cc(Cl)c1O. The van der Waals surface area contributed by atoms with Crippen LogP contribution in [0.2, 0.25) is 5.02 Å². The molecule has 2 aromatic carbocycles. The lowest BCUT2D eigenvalue weighted by Gasteiger charge is -2.21. The van der Waals surface area contributed by atoms with Crippen molar-refractivity contribution in [3.63, 3.8) is 0 Å². The fraction of sp³-hybridized carbons (Fsp3) is 0.182. The highest BCUT2D eigenvalue weighted by Gasteiger charge is 2.25. The van der Waals surface area contributed by atoms with E-state index in [-0.39, 0.29) is 16.5 Å². The van der Waals surface area contributed by atoms with Crippen LogP contribution in [0.4, 0.5) is 0 Å². The minimum absolute atomic E-state index is 0.104. The number of halogens is 1. The summed E-state index contributed by atoms with van der Waals surface area (Å²) in [4.78, 5) is 16.8. The maximum atomic E-state index is 12.0. The Hall–Kier alpha value is -3.05. The number of para-hydroxylation sites is 1. The summed E-state index contributed by atoms with van der Waals surface area (Å²) >= 11 is 6.11. The molecule has 2 N–H and O–H groups in total. The van der Waals surface area contributed by atoms with E-state index in [9.17, 15) is 15.0 Å². The van der Waals surface area contributed by atoms with Gasteiger partial charge in [-0.2, -0.15) is 0 Å². The minimum Gasteiger partial charge on any atom is -0.503 e. The highest BCUT2D eigenvalue weighted by atomic mass is 35.5. The Kier molecular flexibility index (Phi) is 4.69. The Balaban J connectivity index is 1.94. The van der Waals surface area contributed by atoms with Crippen molar-refractivity contribution in [2.75, 3.05) is 7.11 Å². The highest BCUT2D eigenvalue weighted by Crippen LogP contribution is 2.39. The predicted molar refractivity (Wildman–Crippen MR) is 109 cm³/mol. The van der Waals surface area contributed by atoms with Crippen LogP contribution in [0.25, 0.3) is 22.6 Å². The van der Waals surface area contributed by atoms with E-state index in [0.29, 0.717) is 28.6 Å². The van der Waals surface area contributed by atoms with Crippen molar-refractivity contribution >= 4 is 40.1 Å². The molecule has 1 aromatic heterocycles. The van der Waals surface area contributed by atoms with Gasteiger partial charge in [0.2, 0.25) is 0 Å². The molecule has 0 saturated carbocycles. The van der Waals surface area contributed by atoms with Crippen LogP contribution in [0, 0.1) is 0 Å². The molecule has 1 aliphatic carbocycles. The fourth-order valence-corrected chi connectivity index (χ4v) is 3.97. The summed E-state index contributed by atoms with van der Waals surface area (Å²) in [6.45, 7) is 0. The molecule has 0 bridgehead atoms. The van der Waals surface area contributed by atoms with Crippen molar-refractivity contribution in [2.24, 2.45) is 0 Å². The van der Waals surface area contributed by atoms with Crippen molar-refractivity contribution in [1.29, 1.82) is 0 Å². The summed E-state index contributed by atoms with van der Waals surface area (Å²) in [6, 6.07) is 10.7. The number of allylic oxidation sites excluding steroid dienone is 1. The zero-order valence-corrected chi connectivity index (χ0v) is 16.0. The molecule has 28 heavy (non-hydrogen) atoms. The van der Waals surface area contributed by atoms with Gasteiger partial charge < -0.3 is 14.9 Å². The van der Waals surface area contributed by atoms with Crippen LogP contribution >= 0.6 is 11.6 Å². The third-order valence-electron chi connectivity index (χ3n) is 5.00. The number of hydrogen-bond donors (Lipinski definition) is 2. The van der Waals surface area contributed by atoms with E-state index < -0.39 is 5.97 Å². The molecule has 3 aromatic rings. The van der Waals surface area contributed by atoms with Crippen LogP contribution in [0.15, 0.2) is 36.4 Å². The molecule has 0 amide bonds. The smallest absolute Gasteiger partial charge is 0.336 e. The van der Waals surface area contributed by atoms with Crippen molar-refractivity contribution in [3.05, 3.63) is 63.8 Å². The number of carboxylic acids is 1. The molecule has 0 atom stereocenters. The van der Waals surface area contributed by atoms with Gasteiger partial charge in [0.15, 0.2) is 11.5 Å². The zero-order valence-electron chi connectivity index (χ0n) is 15.2. The van der Waals surface area contributed by atoms with Crippen molar-refractivity contribution in [1.82, 2.24) is 4.98 Å². The lowest BCUT2D eigenvalue weighted by molar-refractivity contribution is 0.0697. The van der Waals surface area contributed by atoms with Crippen LogP contribution in [0.1, 0.15) is 40.0 Å². The summed E-state index contributed by atoms with van der Waals surface area (Å²) < 4.78 is 5.18. The van der Waals surface area contributed by atoms with E-state index >= 15 is 0 Å². The molecule has 1 aliphatic rings. The van der Waals surface area contributed by atoms with E-state index in [0.717, 1.165) is 29.5 Å². The first kappa shape index (κ1) is 18.3. The second-order valence-corrected chi connectivity index (χ2v) is 7.12. The zero-order chi connectivity index (χ0) is 19.8. The van der Waals surface area contributed by atoms with Gasteiger partial charge in [0.05, 0.1) is 28.9 Å². The molecule has 0 unspecified atom stereocenters. The minimum atomic E-state index is -0.939. The number of nitrogens with zero attached hydrogens (tertiary/aromatic N) is 1. The molecule has 0 spiro atoms. The molecule has 0 fully saturated rings. The van der Waals surface area contributed by atoms with Gasteiger partial charge in [0.25, 0.3) is 0 Å². The number of aromatic carboxylic acids is 1. The number of aromatic nitrogens is 1. The summed E-state index contributed by atoms with van der Waals surface area (Å²) in [7, 11) is 1.46. The molecule has 142 valence electrons. The number of fused-ring (bicyclic) bond motifs is 2. The second-order valence-electron chi connectivity index (χ2n) is 6.71. The molecular formula is C22H18ClNO4. The first-order valence-electron chi connectivity index (χ1n) is 8.92. The van der Waals surface area contributed by atoms with Crippen LogP contribution < -0.4 is 4.74 Å². The average Bonchev–Trinajstić information content (AvgIpc) is 2.68. The number of methoxy groups -OCH3 is 1. The Morgan fingerprint density at radius 3 is 2.79 bits per heavy atom. The van der Waals surface area contributed by atoms with Crippen LogP contribution in [-0.2, 0) is 6.42 Å². The maximum Gasteiger partial charge on any atom is 0.336 e. The number of carboxylic acid groups (broad SMARTS) is 1. The van der Waals surface area contributed by atoms with Crippen molar-refractivity contribution in [2.45, 2.75) is 19.3 Å². The van der Waals surface area contributed by atoms with E-state index in [2.05, 4.69) is 0 Å². The molecule has 5 nitrogen and oxygen atoms in total. The standard InChI is InChI=1S/C22H18ClNO4/c1-28-18-11-12(10-16(23)21(18)25)9-13-5-4-7-15-19(22(26)27)14-6-2-3-8-17(14)24-20(13)15/h2-3,6,8-11,25H,4-5,7H2,1H3,(H,26,27)/b13-9+. The van der Waals surface area contributed by atoms with Gasteiger partial charge in [-0.25, -0.2) is 9.78 Å². The third kappa shape index (κ3) is 3.08. The molecule has 0 aliphatic heterocycles. The summed E-state index contributed by atoms with van der Waals surface area (Å²) in [5.74, 6) is -0.758. The number of phenolic OH excluding ortho intramolecular Hbond substituents is 1. The monoisotopic (exact) mass is 395 g/mol. The van der Waals surface area contributed by atoms with Crippen LogP contribution in [0.5, 0.6) is 11.5 Å². The van der Waals surface area contributed by atoms with E-state index in [1.807, 2.05) is 24.3 Å². The lowest BCUT2D eigenvalue weighted by Crippen LogP contribution is -2.13. The Labute approximate surface area is 166 Å². The normalized spacial score (nSPS) is 14.9. The second kappa shape index (κ2) is 7.17. The first-order valence-corrected chi connectivity index (χ1v) is 9.29. The molecular weight excluding hydrogens is 378 g/mol. The van der Waals surface area contributed by atoms with Gasteiger partial charge in [-0.1, -0.05) is 29.8 Å². The van der Waals surface area contributed by atoms with E-state index in [4.69, 9.17) is 21.3 Å². The Bertz CT molecular complexity index is 1140. The predicted octanol–water partition coefficient (Wildman–Crippen LogP) is 5.18. The molecule has 4 rings (SSSR count). The Morgan fingerprint density at radius 2 is 2.04 bits per heavy atom. The number of pyridine rings is 1. The van der Waals surface area contributed by atoms with Gasteiger partial charge in [-0.05, 0) is 60.2 Å². The summed E-state index contributed by atoms with van der Waals surface area (Å²) in [5.41, 5.74) is 4.17.